The Morgan fingerprint density at radius 1 is 0.511 bits per heavy atom. The van der Waals surface area contributed by atoms with Crippen LogP contribution in [0.3, 0.4) is 0 Å². The molecule has 220 valence electrons. The number of para-hydroxylation sites is 3. The van der Waals surface area contributed by atoms with E-state index in [0.717, 1.165) is 68.1 Å². The maximum atomic E-state index is 6.23. The Hall–Kier alpha value is -5.94. The first-order valence-electron chi connectivity index (χ1n) is 16.4. The molecule has 8 aromatic rings. The summed E-state index contributed by atoms with van der Waals surface area (Å²) in [6, 6.07) is 45.7. The molecule has 2 aliphatic heterocycles. The van der Waals surface area contributed by atoms with Crippen LogP contribution < -0.4 is 20.7 Å². The van der Waals surface area contributed by atoms with Crippen molar-refractivity contribution in [3.8, 4) is 0 Å². The molecule has 4 nitrogen and oxygen atoms in total. The van der Waals surface area contributed by atoms with Crippen molar-refractivity contribution < 1.29 is 8.83 Å². The summed E-state index contributed by atoms with van der Waals surface area (Å²) in [6.07, 6.45) is 6.75. The molecule has 0 saturated carbocycles. The lowest BCUT2D eigenvalue weighted by molar-refractivity contribution is 0.668. The summed E-state index contributed by atoms with van der Waals surface area (Å²) in [5.74, 6) is 0. The minimum absolute atomic E-state index is 0.182. The van der Waals surface area contributed by atoms with Gasteiger partial charge in [0.25, 0.3) is 0 Å². The summed E-state index contributed by atoms with van der Waals surface area (Å²) in [6.45, 7) is 0.182. The van der Waals surface area contributed by atoms with Gasteiger partial charge in [-0.05, 0) is 96.6 Å². The molecule has 5 heteroatoms. The second kappa shape index (κ2) is 9.30. The van der Waals surface area contributed by atoms with Gasteiger partial charge in [-0.2, -0.15) is 0 Å². The Bertz CT molecular complexity index is 2680. The number of rotatable bonds is 2. The van der Waals surface area contributed by atoms with Gasteiger partial charge in [0.15, 0.2) is 0 Å². The van der Waals surface area contributed by atoms with Crippen LogP contribution in [0.25, 0.3) is 43.9 Å². The van der Waals surface area contributed by atoms with Crippen LogP contribution in [0.2, 0.25) is 0 Å². The van der Waals surface area contributed by atoms with Crippen molar-refractivity contribution in [2.45, 2.75) is 12.8 Å². The Balaban J connectivity index is 1.18. The molecule has 0 N–H and O–H groups in total. The number of hydrogen-bond donors (Lipinski definition) is 0. The average molecular weight is 603 g/mol. The predicted octanol–water partition coefficient (Wildman–Crippen LogP) is 10.2. The van der Waals surface area contributed by atoms with Crippen molar-refractivity contribution in [1.29, 1.82) is 0 Å². The van der Waals surface area contributed by atoms with Gasteiger partial charge in [0, 0.05) is 55.7 Å². The predicted molar refractivity (Wildman–Crippen MR) is 195 cm³/mol. The zero-order valence-electron chi connectivity index (χ0n) is 25.5. The van der Waals surface area contributed by atoms with E-state index in [9.17, 15) is 0 Å². The van der Waals surface area contributed by atoms with E-state index in [1.165, 1.54) is 39.2 Å². The van der Waals surface area contributed by atoms with Crippen molar-refractivity contribution in [2.24, 2.45) is 0 Å². The summed E-state index contributed by atoms with van der Waals surface area (Å²) < 4.78 is 12.5. The van der Waals surface area contributed by atoms with Crippen LogP contribution in [0, 0.1) is 0 Å². The van der Waals surface area contributed by atoms with Crippen LogP contribution >= 0.6 is 0 Å². The first kappa shape index (κ1) is 25.3. The van der Waals surface area contributed by atoms with E-state index in [4.69, 9.17) is 8.83 Å². The number of hydrogen-bond acceptors (Lipinski definition) is 4. The summed E-state index contributed by atoms with van der Waals surface area (Å²) in [4.78, 5) is 4.95. The average Bonchev–Trinajstić information content (AvgIpc) is 3.69. The van der Waals surface area contributed by atoms with Crippen molar-refractivity contribution in [2.75, 3.05) is 9.80 Å². The molecule has 0 fully saturated rings. The van der Waals surface area contributed by atoms with Gasteiger partial charge >= 0.3 is 0 Å². The fourth-order valence-electron chi connectivity index (χ4n) is 8.38. The molecular weight excluding hydrogens is 575 g/mol. The minimum atomic E-state index is 0.182. The van der Waals surface area contributed by atoms with Crippen LogP contribution in [0.1, 0.15) is 12.8 Å². The molecule has 0 saturated heterocycles. The van der Waals surface area contributed by atoms with E-state index in [0.29, 0.717) is 0 Å². The van der Waals surface area contributed by atoms with Crippen molar-refractivity contribution in [3.63, 3.8) is 0 Å². The number of fused-ring (bicyclic) bond motifs is 9. The molecule has 0 spiro atoms. The molecule has 0 atom stereocenters. The highest BCUT2D eigenvalue weighted by molar-refractivity contribution is 6.95. The van der Waals surface area contributed by atoms with Crippen LogP contribution in [-0.2, 0) is 0 Å². The molecule has 6 aromatic carbocycles. The normalized spacial score (nSPS) is 15.2. The highest BCUT2D eigenvalue weighted by Gasteiger charge is 2.44. The molecule has 3 aliphatic rings. The van der Waals surface area contributed by atoms with E-state index < -0.39 is 0 Å². The highest BCUT2D eigenvalue weighted by Crippen LogP contribution is 2.47. The third kappa shape index (κ3) is 3.43. The molecule has 2 aromatic heterocycles. The van der Waals surface area contributed by atoms with Gasteiger partial charge in [0.2, 0.25) is 6.71 Å². The molecule has 1 aliphatic carbocycles. The van der Waals surface area contributed by atoms with Crippen LogP contribution in [-0.4, -0.2) is 6.71 Å². The number of furan rings is 2. The molecule has 0 radical (unpaired) electrons. The molecule has 11 rings (SSSR count). The Labute approximate surface area is 271 Å². The first-order chi connectivity index (χ1) is 23.3. The molecule has 0 bridgehead atoms. The second-order valence-corrected chi connectivity index (χ2v) is 12.8. The molecular formula is C42H27BN2O2. The Morgan fingerprint density at radius 2 is 1.09 bits per heavy atom. The van der Waals surface area contributed by atoms with Gasteiger partial charge in [-0.15, -0.1) is 0 Å². The number of benzene rings is 6. The maximum Gasteiger partial charge on any atom is 0.247 e. The van der Waals surface area contributed by atoms with Gasteiger partial charge in [0.1, 0.15) is 22.3 Å². The van der Waals surface area contributed by atoms with Crippen LogP contribution in [0.4, 0.5) is 28.4 Å². The standard InChI is InChI=1S/C42H27BN2O2/c1-7-18-38-28(10-1)30-24-26(20-22-40(30)46-38)44-34-14-5-3-12-32(34)43-33-13-4-6-15-35(33)45(37-17-9-16-36(44)42(37)43)27-21-23-41-31(25-27)29-11-2-8-19-39(29)47-41/h1-3,5-12,14-25H,4,13H2. The van der Waals surface area contributed by atoms with Gasteiger partial charge < -0.3 is 18.6 Å². The van der Waals surface area contributed by atoms with E-state index in [1.54, 1.807) is 0 Å². The lowest BCUT2D eigenvalue weighted by Gasteiger charge is -2.45. The fraction of sp³-hybridized carbons (Fsp3) is 0.0476. The number of anilines is 5. The van der Waals surface area contributed by atoms with Crippen LogP contribution in [0.5, 0.6) is 0 Å². The minimum Gasteiger partial charge on any atom is -0.456 e. The van der Waals surface area contributed by atoms with Gasteiger partial charge in [-0.3, -0.25) is 0 Å². The lowest BCUT2D eigenvalue weighted by atomic mass is 9.32. The monoisotopic (exact) mass is 602 g/mol. The molecule has 0 amide bonds. The first-order valence-corrected chi connectivity index (χ1v) is 16.4. The topological polar surface area (TPSA) is 32.8 Å². The van der Waals surface area contributed by atoms with E-state index in [-0.39, 0.29) is 6.71 Å². The van der Waals surface area contributed by atoms with E-state index in [1.807, 2.05) is 24.3 Å². The zero-order chi connectivity index (χ0) is 30.6. The Kier molecular flexibility index (Phi) is 5.00. The van der Waals surface area contributed by atoms with Gasteiger partial charge in [0.05, 0.1) is 0 Å². The van der Waals surface area contributed by atoms with E-state index in [2.05, 4.69) is 125 Å². The fourth-order valence-corrected chi connectivity index (χ4v) is 8.38. The van der Waals surface area contributed by atoms with Crippen molar-refractivity contribution in [3.05, 3.63) is 151 Å². The SMILES string of the molecule is C1=CC2=C(CC1)B1c3ccccc3N(c3ccc4oc5ccccc5c4c3)c3cccc(c31)N2c1ccc2oc3ccccc3c2c1. The Morgan fingerprint density at radius 3 is 1.81 bits per heavy atom. The second-order valence-electron chi connectivity index (χ2n) is 12.8. The van der Waals surface area contributed by atoms with Crippen molar-refractivity contribution >= 4 is 90.0 Å². The van der Waals surface area contributed by atoms with Crippen LogP contribution in [0.15, 0.2) is 160 Å². The summed E-state index contributed by atoms with van der Waals surface area (Å²) in [5.41, 5.74) is 15.1. The largest absolute Gasteiger partial charge is 0.456 e. The third-order valence-electron chi connectivity index (χ3n) is 10.3. The van der Waals surface area contributed by atoms with Gasteiger partial charge in [-0.25, -0.2) is 0 Å². The smallest absolute Gasteiger partial charge is 0.247 e. The molecule has 4 heterocycles. The number of nitrogens with zero attached hydrogens (tertiary/aromatic N) is 2. The lowest BCUT2D eigenvalue weighted by Crippen LogP contribution is -2.56. The summed E-state index contributed by atoms with van der Waals surface area (Å²) >= 11 is 0. The summed E-state index contributed by atoms with van der Waals surface area (Å²) in [7, 11) is 0. The van der Waals surface area contributed by atoms with Gasteiger partial charge in [-0.1, -0.05) is 72.2 Å². The quantitative estimate of drug-likeness (QED) is 0.184. The third-order valence-corrected chi connectivity index (χ3v) is 10.3. The zero-order valence-corrected chi connectivity index (χ0v) is 25.5. The van der Waals surface area contributed by atoms with Crippen molar-refractivity contribution in [1.82, 2.24) is 0 Å². The number of allylic oxidation sites excluding steroid dienone is 3. The molecule has 0 unspecified atom stereocenters. The highest BCUT2D eigenvalue weighted by atomic mass is 16.3. The molecule has 47 heavy (non-hydrogen) atoms. The summed E-state index contributed by atoms with van der Waals surface area (Å²) in [5, 5.41) is 4.55. The van der Waals surface area contributed by atoms with E-state index >= 15 is 0 Å². The maximum absolute atomic E-state index is 6.23.